The summed E-state index contributed by atoms with van der Waals surface area (Å²) in [5.74, 6) is 1.31. The second kappa shape index (κ2) is 7.64. The first kappa shape index (κ1) is 16.1. The largest absolute Gasteiger partial charge is 0.410 e. The highest BCUT2D eigenvalue weighted by molar-refractivity contribution is 7.98. The normalized spacial score (nSPS) is 12.3. The van der Waals surface area contributed by atoms with Crippen LogP contribution in [0, 0.1) is 0 Å². The van der Waals surface area contributed by atoms with Crippen molar-refractivity contribution in [1.82, 2.24) is 10.2 Å². The standard InChI is InChI=1S/C17H16ClN3OS/c18-14-8-4-7-13(9-14)11-23-17-21-20-16(22-17)15(19)10-12-5-2-1-3-6-12/h1-9,15H,10-11,19H2/p+1/t15-/m0/s1. The van der Waals surface area contributed by atoms with E-state index in [1.54, 1.807) is 0 Å². The third-order valence-corrected chi connectivity index (χ3v) is 4.47. The molecule has 6 heteroatoms. The molecule has 0 aliphatic heterocycles. The summed E-state index contributed by atoms with van der Waals surface area (Å²) in [6, 6.07) is 17.9. The molecule has 0 amide bonds. The third kappa shape index (κ3) is 4.58. The predicted molar refractivity (Wildman–Crippen MR) is 91.1 cm³/mol. The van der Waals surface area contributed by atoms with E-state index in [9.17, 15) is 0 Å². The number of hydrogen-bond acceptors (Lipinski definition) is 4. The van der Waals surface area contributed by atoms with E-state index in [1.165, 1.54) is 17.3 Å². The van der Waals surface area contributed by atoms with Crippen LogP contribution in [0.2, 0.25) is 5.02 Å². The van der Waals surface area contributed by atoms with Gasteiger partial charge in [0.2, 0.25) is 0 Å². The summed E-state index contributed by atoms with van der Waals surface area (Å²) in [6.45, 7) is 0. The topological polar surface area (TPSA) is 66.6 Å². The number of rotatable bonds is 6. The number of halogens is 1. The van der Waals surface area contributed by atoms with E-state index in [2.05, 4.69) is 28.1 Å². The number of thioether (sulfide) groups is 1. The molecule has 0 fully saturated rings. The van der Waals surface area contributed by atoms with Crippen molar-refractivity contribution in [2.24, 2.45) is 0 Å². The molecule has 3 rings (SSSR count). The Kier molecular flexibility index (Phi) is 5.33. The van der Waals surface area contributed by atoms with Crippen LogP contribution in [0.25, 0.3) is 0 Å². The van der Waals surface area contributed by atoms with Crippen LogP contribution >= 0.6 is 23.4 Å². The van der Waals surface area contributed by atoms with Crippen molar-refractivity contribution in [2.45, 2.75) is 23.4 Å². The van der Waals surface area contributed by atoms with Crippen molar-refractivity contribution in [2.75, 3.05) is 0 Å². The van der Waals surface area contributed by atoms with E-state index in [4.69, 9.17) is 16.0 Å². The van der Waals surface area contributed by atoms with Crippen LogP contribution < -0.4 is 5.73 Å². The molecule has 1 heterocycles. The molecule has 0 unspecified atom stereocenters. The van der Waals surface area contributed by atoms with Gasteiger partial charge in [0.1, 0.15) is 0 Å². The minimum Gasteiger partial charge on any atom is -0.410 e. The van der Waals surface area contributed by atoms with E-state index >= 15 is 0 Å². The molecule has 1 atom stereocenters. The van der Waals surface area contributed by atoms with Crippen LogP contribution in [-0.2, 0) is 12.2 Å². The lowest BCUT2D eigenvalue weighted by molar-refractivity contribution is -0.431. The summed E-state index contributed by atoms with van der Waals surface area (Å²) in [5.41, 5.74) is 6.45. The number of aromatic nitrogens is 2. The van der Waals surface area contributed by atoms with Gasteiger partial charge in [-0.25, -0.2) is 0 Å². The number of benzene rings is 2. The van der Waals surface area contributed by atoms with E-state index in [-0.39, 0.29) is 6.04 Å². The Morgan fingerprint density at radius 1 is 1.04 bits per heavy atom. The summed E-state index contributed by atoms with van der Waals surface area (Å²) in [5, 5.41) is 9.49. The van der Waals surface area contributed by atoms with Gasteiger partial charge in [0.25, 0.3) is 11.1 Å². The molecule has 3 aromatic rings. The molecule has 0 aliphatic carbocycles. The third-order valence-electron chi connectivity index (χ3n) is 3.35. The van der Waals surface area contributed by atoms with Gasteiger partial charge in [0, 0.05) is 17.2 Å². The van der Waals surface area contributed by atoms with E-state index in [0.717, 1.165) is 22.8 Å². The lowest BCUT2D eigenvalue weighted by atomic mass is 10.1. The Morgan fingerprint density at radius 2 is 1.83 bits per heavy atom. The molecule has 118 valence electrons. The summed E-state index contributed by atoms with van der Waals surface area (Å²) in [7, 11) is 0. The highest BCUT2D eigenvalue weighted by Gasteiger charge is 2.18. The summed E-state index contributed by atoms with van der Waals surface area (Å²) >= 11 is 7.48. The van der Waals surface area contributed by atoms with E-state index < -0.39 is 0 Å². The van der Waals surface area contributed by atoms with Gasteiger partial charge < -0.3 is 10.2 Å². The van der Waals surface area contributed by atoms with Crippen molar-refractivity contribution in [1.29, 1.82) is 0 Å². The van der Waals surface area contributed by atoms with Crippen LogP contribution in [0.3, 0.4) is 0 Å². The quantitative estimate of drug-likeness (QED) is 0.693. The molecule has 0 bridgehead atoms. The second-order valence-corrected chi connectivity index (χ2v) is 6.57. The number of hydrogen-bond donors (Lipinski definition) is 1. The maximum Gasteiger partial charge on any atom is 0.277 e. The van der Waals surface area contributed by atoms with Crippen LogP contribution in [0.4, 0.5) is 0 Å². The molecular weight excluding hydrogens is 330 g/mol. The van der Waals surface area contributed by atoms with Crippen molar-refractivity contribution >= 4 is 23.4 Å². The maximum atomic E-state index is 5.98. The summed E-state index contributed by atoms with van der Waals surface area (Å²) in [6.07, 6.45) is 0.779. The number of nitrogens with zero attached hydrogens (tertiary/aromatic N) is 2. The molecule has 0 radical (unpaired) electrons. The lowest BCUT2D eigenvalue weighted by Crippen LogP contribution is -2.54. The first-order valence-corrected chi connectivity index (χ1v) is 8.65. The molecule has 0 saturated carbocycles. The average molecular weight is 347 g/mol. The van der Waals surface area contributed by atoms with Gasteiger partial charge in [0.05, 0.1) is 0 Å². The van der Waals surface area contributed by atoms with Gasteiger partial charge >= 0.3 is 0 Å². The first-order valence-electron chi connectivity index (χ1n) is 7.28. The van der Waals surface area contributed by atoms with Gasteiger partial charge in [-0.3, -0.25) is 0 Å². The van der Waals surface area contributed by atoms with Crippen molar-refractivity contribution in [3.8, 4) is 0 Å². The zero-order chi connectivity index (χ0) is 16.1. The Hall–Kier alpha value is -1.82. The zero-order valence-corrected chi connectivity index (χ0v) is 14.1. The molecule has 3 N–H and O–H groups in total. The highest BCUT2D eigenvalue weighted by Crippen LogP contribution is 2.24. The smallest absolute Gasteiger partial charge is 0.277 e. The van der Waals surface area contributed by atoms with Crippen LogP contribution in [0.1, 0.15) is 23.1 Å². The van der Waals surface area contributed by atoms with Crippen LogP contribution in [0.15, 0.2) is 64.2 Å². The fourth-order valence-electron chi connectivity index (χ4n) is 2.20. The predicted octanol–water partition coefficient (Wildman–Crippen LogP) is 3.54. The molecule has 23 heavy (non-hydrogen) atoms. The average Bonchev–Trinajstić information content (AvgIpc) is 3.03. The molecule has 0 saturated heterocycles. The lowest BCUT2D eigenvalue weighted by Gasteiger charge is -2.03. The zero-order valence-electron chi connectivity index (χ0n) is 12.5. The molecule has 1 aromatic heterocycles. The van der Waals surface area contributed by atoms with Crippen molar-refractivity contribution in [3.05, 3.63) is 76.6 Å². The maximum absolute atomic E-state index is 5.98. The van der Waals surface area contributed by atoms with E-state index in [1.807, 2.05) is 42.5 Å². The molecule has 0 aliphatic rings. The van der Waals surface area contributed by atoms with Crippen LogP contribution in [-0.4, -0.2) is 10.2 Å². The van der Waals surface area contributed by atoms with Gasteiger partial charge in [-0.05, 0) is 23.3 Å². The Morgan fingerprint density at radius 3 is 2.61 bits per heavy atom. The Bertz CT molecular complexity index is 763. The minimum atomic E-state index is -0.0505. The second-order valence-electron chi connectivity index (χ2n) is 5.21. The first-order chi connectivity index (χ1) is 11.2. The van der Waals surface area contributed by atoms with E-state index in [0.29, 0.717) is 11.1 Å². The fourth-order valence-corrected chi connectivity index (χ4v) is 3.13. The number of quaternary nitrogens is 1. The van der Waals surface area contributed by atoms with Crippen molar-refractivity contribution in [3.63, 3.8) is 0 Å². The molecule has 0 spiro atoms. The van der Waals surface area contributed by atoms with Gasteiger partial charge in [-0.15, -0.1) is 10.2 Å². The monoisotopic (exact) mass is 346 g/mol. The van der Waals surface area contributed by atoms with Gasteiger partial charge in [-0.1, -0.05) is 65.8 Å². The summed E-state index contributed by atoms with van der Waals surface area (Å²) < 4.78 is 5.71. The molecule has 2 aromatic carbocycles. The van der Waals surface area contributed by atoms with Crippen LogP contribution in [0.5, 0.6) is 0 Å². The highest BCUT2D eigenvalue weighted by atomic mass is 35.5. The SMILES string of the molecule is [NH3+][C@@H](Cc1ccccc1)c1nnc(SCc2cccc(Cl)c2)o1. The van der Waals surface area contributed by atoms with Gasteiger partial charge in [0.15, 0.2) is 6.04 Å². The fraction of sp³-hybridized carbons (Fsp3) is 0.176. The minimum absolute atomic E-state index is 0.0505. The Balaban J connectivity index is 1.59. The molecule has 4 nitrogen and oxygen atoms in total. The molecular formula is C17H17ClN3OS+. The summed E-state index contributed by atoms with van der Waals surface area (Å²) in [4.78, 5) is 0. The van der Waals surface area contributed by atoms with Gasteiger partial charge in [-0.2, -0.15) is 0 Å². The Labute approximate surface area is 144 Å². The van der Waals surface area contributed by atoms with Crippen molar-refractivity contribution < 1.29 is 10.2 Å².